The second-order valence-electron chi connectivity index (χ2n) is 9.02. The maximum Gasteiger partial charge on any atom is 0.416 e. The molecule has 1 saturated heterocycles. The van der Waals surface area contributed by atoms with Gasteiger partial charge in [0.15, 0.2) is 0 Å². The first-order chi connectivity index (χ1) is 17.4. The van der Waals surface area contributed by atoms with E-state index in [1.807, 2.05) is 6.07 Å². The Morgan fingerprint density at radius 2 is 1.84 bits per heavy atom. The molecule has 0 saturated carbocycles. The first-order valence-corrected chi connectivity index (χ1v) is 12.7. The zero-order valence-corrected chi connectivity index (χ0v) is 22.6. The fraction of sp³-hybridized carbons (Fsp3) is 0.407. The van der Waals surface area contributed by atoms with Crippen molar-refractivity contribution in [1.29, 1.82) is 0 Å². The Labute approximate surface area is 224 Å². The molecule has 1 aliphatic rings. The lowest BCUT2D eigenvalue weighted by Crippen LogP contribution is -2.49. The monoisotopic (exact) mass is 556 g/mol. The number of hydrogen-bond donors (Lipinski definition) is 0. The highest BCUT2D eigenvalue weighted by atomic mass is 35.5. The third-order valence-electron chi connectivity index (χ3n) is 6.63. The van der Waals surface area contributed by atoms with E-state index in [1.54, 1.807) is 42.5 Å². The first-order valence-electron chi connectivity index (χ1n) is 11.9. The van der Waals surface area contributed by atoms with Crippen LogP contribution in [0.25, 0.3) is 10.9 Å². The number of amides is 1. The lowest BCUT2D eigenvalue weighted by atomic mass is 9.95. The second-order valence-corrected chi connectivity index (χ2v) is 9.80. The molecular formula is C27H29Cl2F3N2O3. The summed E-state index contributed by atoms with van der Waals surface area (Å²) < 4.78 is 45.7. The minimum absolute atomic E-state index is 0.125. The number of benzene rings is 2. The van der Waals surface area contributed by atoms with Crippen LogP contribution in [0, 0.1) is 12.8 Å². The smallest absolute Gasteiger partial charge is 0.416 e. The van der Waals surface area contributed by atoms with E-state index in [9.17, 15) is 22.8 Å². The predicted octanol–water partition coefficient (Wildman–Crippen LogP) is 7.06. The van der Waals surface area contributed by atoms with Crippen LogP contribution in [0.2, 0.25) is 10.0 Å². The number of nitrogens with zero attached hydrogens (tertiary/aromatic N) is 2. The van der Waals surface area contributed by atoms with E-state index in [0.29, 0.717) is 70.8 Å². The van der Waals surface area contributed by atoms with Crippen LogP contribution in [0.5, 0.6) is 0 Å². The lowest BCUT2D eigenvalue weighted by molar-refractivity contribution is -0.137. The van der Waals surface area contributed by atoms with Crippen LogP contribution in [0.4, 0.5) is 13.2 Å². The Balaban J connectivity index is 0.000000695. The highest BCUT2D eigenvalue weighted by molar-refractivity contribution is 6.38. The fourth-order valence-electron chi connectivity index (χ4n) is 4.33. The van der Waals surface area contributed by atoms with E-state index < -0.39 is 11.7 Å². The van der Waals surface area contributed by atoms with E-state index in [-0.39, 0.29) is 5.91 Å². The number of alkyl halides is 3. The summed E-state index contributed by atoms with van der Waals surface area (Å²) in [6.07, 6.45) is -3.10. The van der Waals surface area contributed by atoms with Crippen molar-refractivity contribution in [3.8, 4) is 0 Å². The molecule has 10 heteroatoms. The van der Waals surface area contributed by atoms with Gasteiger partial charge < -0.3 is 14.2 Å². The van der Waals surface area contributed by atoms with Gasteiger partial charge in [0, 0.05) is 48.2 Å². The van der Waals surface area contributed by atoms with Crippen LogP contribution >= 0.6 is 23.2 Å². The molecule has 5 nitrogen and oxygen atoms in total. The quantitative estimate of drug-likeness (QED) is 0.305. The third kappa shape index (κ3) is 6.24. The molecule has 0 N–H and O–H groups in total. The van der Waals surface area contributed by atoms with E-state index in [0.717, 1.165) is 29.6 Å². The summed E-state index contributed by atoms with van der Waals surface area (Å²) in [6.45, 7) is 7.86. The third-order valence-corrected chi connectivity index (χ3v) is 7.41. The van der Waals surface area contributed by atoms with Gasteiger partial charge in [-0.2, -0.15) is 13.2 Å². The van der Waals surface area contributed by atoms with E-state index in [4.69, 9.17) is 23.2 Å². The average molecular weight is 557 g/mol. The molecule has 1 aliphatic heterocycles. The van der Waals surface area contributed by atoms with Crippen molar-refractivity contribution in [1.82, 2.24) is 9.47 Å². The summed E-state index contributed by atoms with van der Waals surface area (Å²) in [5.41, 5.74) is 2.09. The van der Waals surface area contributed by atoms with Gasteiger partial charge in [-0.25, -0.2) is 0 Å². The summed E-state index contributed by atoms with van der Waals surface area (Å²) in [4.78, 5) is 23.8. The molecule has 4 rings (SSSR count). The molecule has 2 aromatic carbocycles. The summed E-state index contributed by atoms with van der Waals surface area (Å²) in [5, 5.41) is 1.45. The zero-order chi connectivity index (χ0) is 27.5. The fourth-order valence-corrected chi connectivity index (χ4v) is 4.92. The van der Waals surface area contributed by atoms with Crippen molar-refractivity contribution < 1.29 is 27.5 Å². The number of likely N-dealkylation sites (tertiary alicyclic amines) is 1. The topological polar surface area (TPSA) is 51.5 Å². The highest BCUT2D eigenvalue weighted by Gasteiger charge is 2.33. The van der Waals surface area contributed by atoms with Crippen LogP contribution in [0.1, 0.15) is 53.0 Å². The molecule has 200 valence electrons. The number of carbonyl (C=O) groups excluding carboxylic acids is 2. The number of halogens is 5. The number of aryl methyl sites for hydroxylation is 2. The molecule has 3 aromatic rings. The van der Waals surface area contributed by atoms with Crippen molar-refractivity contribution in [3.05, 3.63) is 68.3 Å². The van der Waals surface area contributed by atoms with Crippen molar-refractivity contribution in [3.63, 3.8) is 0 Å². The largest absolute Gasteiger partial charge is 0.468 e. The molecule has 0 spiro atoms. The summed E-state index contributed by atoms with van der Waals surface area (Å²) in [5.74, 6) is 0.394. The van der Waals surface area contributed by atoms with Gasteiger partial charge in [0.2, 0.25) is 0 Å². The van der Waals surface area contributed by atoms with Gasteiger partial charge in [-0.3, -0.25) is 9.59 Å². The van der Waals surface area contributed by atoms with Crippen LogP contribution in [-0.2, 0) is 29.2 Å². The Bertz CT molecular complexity index is 1300. The standard InChI is InChI=1S/C24H23Cl2F3N2O.C3H6O2/c1-4-14-11-31(12-14)23(32)17-5-6-20(25)19(22(17)26)10-16-9-18-13(2)7-15(24(27,28)29)8-21(18)30(16)3;1-2-5-3-4/h5-9,14H,4,10-12H2,1-3H3;3H,2H2,1H3. The van der Waals surface area contributed by atoms with E-state index >= 15 is 0 Å². The maximum atomic E-state index is 13.3. The summed E-state index contributed by atoms with van der Waals surface area (Å²) in [6, 6.07) is 7.46. The van der Waals surface area contributed by atoms with Gasteiger partial charge in [0.05, 0.1) is 22.8 Å². The average Bonchev–Trinajstić information content (AvgIpc) is 3.12. The van der Waals surface area contributed by atoms with Crippen molar-refractivity contribution in [2.45, 2.75) is 39.8 Å². The number of fused-ring (bicyclic) bond motifs is 1. The van der Waals surface area contributed by atoms with Crippen molar-refractivity contribution in [2.24, 2.45) is 13.0 Å². The minimum atomic E-state index is -4.42. The van der Waals surface area contributed by atoms with E-state index in [1.165, 1.54) is 0 Å². The second kappa shape index (κ2) is 11.8. The Morgan fingerprint density at radius 1 is 1.16 bits per heavy atom. The molecule has 0 unspecified atom stereocenters. The van der Waals surface area contributed by atoms with Crippen molar-refractivity contribution >= 4 is 46.5 Å². The predicted molar refractivity (Wildman–Crippen MR) is 139 cm³/mol. The maximum absolute atomic E-state index is 13.3. The van der Waals surface area contributed by atoms with Gasteiger partial charge in [0.25, 0.3) is 12.4 Å². The van der Waals surface area contributed by atoms with Crippen LogP contribution in [-0.4, -0.2) is 41.5 Å². The number of aromatic nitrogens is 1. The van der Waals surface area contributed by atoms with Crippen LogP contribution < -0.4 is 0 Å². The van der Waals surface area contributed by atoms with Crippen molar-refractivity contribution in [2.75, 3.05) is 19.7 Å². The molecule has 0 aliphatic carbocycles. The molecule has 2 heterocycles. The molecule has 0 bridgehead atoms. The SMILES string of the molecule is CCC1CN(C(=O)c2ccc(Cl)c(Cc3cc4c(C)cc(C(F)(F)F)cc4n3C)c2Cl)C1.CCOC=O. The Kier molecular flexibility index (Phi) is 9.18. The molecule has 1 fully saturated rings. The molecule has 1 amide bonds. The normalized spacial score (nSPS) is 13.7. The summed E-state index contributed by atoms with van der Waals surface area (Å²) >= 11 is 13.1. The Morgan fingerprint density at radius 3 is 2.38 bits per heavy atom. The molecule has 37 heavy (non-hydrogen) atoms. The molecule has 0 radical (unpaired) electrons. The minimum Gasteiger partial charge on any atom is -0.468 e. The van der Waals surface area contributed by atoms with E-state index in [2.05, 4.69) is 11.7 Å². The van der Waals surface area contributed by atoms with Gasteiger partial charge in [-0.05, 0) is 67.6 Å². The number of ether oxygens (including phenoxy) is 1. The van der Waals surface area contributed by atoms with Gasteiger partial charge >= 0.3 is 6.18 Å². The lowest BCUT2D eigenvalue weighted by Gasteiger charge is -2.39. The Hall–Kier alpha value is -2.71. The number of hydrogen-bond acceptors (Lipinski definition) is 3. The summed E-state index contributed by atoms with van der Waals surface area (Å²) in [7, 11) is 1.72. The van der Waals surface area contributed by atoms with Gasteiger partial charge in [-0.15, -0.1) is 0 Å². The molecular weight excluding hydrogens is 528 g/mol. The number of carbonyl (C=O) groups is 2. The van der Waals surface area contributed by atoms with Crippen LogP contribution in [0.3, 0.4) is 0 Å². The molecule has 0 atom stereocenters. The van der Waals surface area contributed by atoms with Gasteiger partial charge in [-0.1, -0.05) is 30.1 Å². The molecule has 1 aromatic heterocycles. The van der Waals surface area contributed by atoms with Gasteiger partial charge in [0.1, 0.15) is 0 Å². The number of rotatable bonds is 6. The first kappa shape index (κ1) is 28.9. The highest BCUT2D eigenvalue weighted by Crippen LogP contribution is 2.36. The zero-order valence-electron chi connectivity index (χ0n) is 21.1. The van der Waals surface area contributed by atoms with Crippen LogP contribution in [0.15, 0.2) is 30.3 Å².